The van der Waals surface area contributed by atoms with Crippen molar-refractivity contribution in [2.45, 2.75) is 193 Å². The maximum absolute atomic E-state index is 12.6. The summed E-state index contributed by atoms with van der Waals surface area (Å²) >= 11 is 18.0. The maximum Gasteiger partial charge on any atom is 0.303 e. The fourth-order valence-electron chi connectivity index (χ4n) is 9.51. The van der Waals surface area contributed by atoms with Gasteiger partial charge in [-0.1, -0.05) is 134 Å². The normalized spacial score (nSPS) is 40.6. The molecule has 1 aromatic carbocycles. The van der Waals surface area contributed by atoms with Crippen molar-refractivity contribution in [3.8, 4) is 0 Å². The maximum atomic E-state index is 12.6. The Kier molecular flexibility index (Phi) is 19.5. The lowest BCUT2D eigenvalue weighted by atomic mass is 9.82. The number of esters is 2. The van der Waals surface area contributed by atoms with Crippen molar-refractivity contribution < 1.29 is 61.7 Å². The second-order valence-electron chi connectivity index (χ2n) is 18.3. The quantitative estimate of drug-likeness (QED) is 0.0724. The van der Waals surface area contributed by atoms with Gasteiger partial charge in [0, 0.05) is 37.5 Å². The average Bonchev–Trinajstić information content (AvgIpc) is 3.25. The Hall–Kier alpha value is -1.82. The summed E-state index contributed by atoms with van der Waals surface area (Å²) in [6.07, 6.45) is -6.90. The number of halogens is 3. The van der Waals surface area contributed by atoms with E-state index in [1.54, 1.807) is 0 Å². The molecule has 0 aliphatic carbocycles. The van der Waals surface area contributed by atoms with E-state index in [2.05, 4.69) is 34.6 Å². The summed E-state index contributed by atoms with van der Waals surface area (Å²) in [6.45, 7) is 23.3. The molecular weight excluding hydrogens is 893 g/mol. The molecule has 20 atom stereocenters. The fraction of sp³-hybridized carbons (Fsp3) is 0.809. The summed E-state index contributed by atoms with van der Waals surface area (Å²) in [5, 5.41) is 8.26. The van der Waals surface area contributed by atoms with Gasteiger partial charge in [-0.05, 0) is 42.6 Å². The molecule has 0 saturated carbocycles. The first-order chi connectivity index (χ1) is 30.2. The van der Waals surface area contributed by atoms with Gasteiger partial charge in [0.25, 0.3) is 3.79 Å². The van der Waals surface area contributed by atoms with E-state index in [9.17, 15) is 9.59 Å². The van der Waals surface area contributed by atoms with Crippen LogP contribution in [0.5, 0.6) is 0 Å². The van der Waals surface area contributed by atoms with Crippen LogP contribution in [0, 0.1) is 46.8 Å². The van der Waals surface area contributed by atoms with Crippen molar-refractivity contribution >= 4 is 52.6 Å². The zero-order chi connectivity index (χ0) is 47.2. The van der Waals surface area contributed by atoms with Crippen LogP contribution in [-0.2, 0) is 68.3 Å². The molecule has 0 radical (unpaired) electrons. The Balaban J connectivity index is 1.54. The third-order valence-electron chi connectivity index (χ3n) is 14.1. The van der Waals surface area contributed by atoms with Crippen LogP contribution in [0.25, 0.3) is 0 Å². The van der Waals surface area contributed by atoms with Crippen molar-refractivity contribution in [3.05, 3.63) is 35.9 Å². The number of rotatable bonds is 16. The van der Waals surface area contributed by atoms with Crippen molar-refractivity contribution in [2.75, 3.05) is 6.61 Å². The van der Waals surface area contributed by atoms with Gasteiger partial charge in [-0.3, -0.25) is 15.0 Å². The predicted molar refractivity (Wildman–Crippen MR) is 241 cm³/mol. The summed E-state index contributed by atoms with van der Waals surface area (Å²) in [4.78, 5) is 25.0. The minimum absolute atomic E-state index is 0.00949. The van der Waals surface area contributed by atoms with Gasteiger partial charge in [0.15, 0.2) is 31.1 Å². The number of hydrogen-bond acceptors (Lipinski definition) is 14. The molecule has 4 aliphatic rings. The van der Waals surface area contributed by atoms with Gasteiger partial charge in [0.1, 0.15) is 6.10 Å². The molecule has 0 amide bonds. The number of carbonyl (C=O) groups excluding carboxylic acids is 2. The molecule has 364 valence electrons. The fourth-order valence-corrected chi connectivity index (χ4v) is 9.64. The summed E-state index contributed by atoms with van der Waals surface area (Å²) in [5.41, 5.74) is 0.920. The van der Waals surface area contributed by atoms with Crippen LogP contribution < -0.4 is 0 Å². The van der Waals surface area contributed by atoms with Crippen LogP contribution in [0.15, 0.2) is 30.3 Å². The Bertz CT molecular complexity index is 1650. The van der Waals surface area contributed by atoms with Gasteiger partial charge in [0.05, 0.1) is 49.8 Å². The highest BCUT2D eigenvalue weighted by molar-refractivity contribution is 6.76. The highest BCUT2D eigenvalue weighted by Crippen LogP contribution is 2.43. The largest absolute Gasteiger partial charge is 0.457 e. The van der Waals surface area contributed by atoms with Crippen LogP contribution in [0.4, 0.5) is 0 Å². The van der Waals surface area contributed by atoms with E-state index in [1.165, 1.54) is 13.8 Å². The number of carbonyl (C=O) groups is 2. The molecule has 64 heavy (non-hydrogen) atoms. The second kappa shape index (κ2) is 23.5. The first kappa shape index (κ1) is 53.1. The van der Waals surface area contributed by atoms with Gasteiger partial charge < -0.3 is 52.1 Å². The number of hydrogen-bond donors (Lipinski definition) is 1. The summed E-state index contributed by atoms with van der Waals surface area (Å²) < 4.78 is 69.9. The Morgan fingerprint density at radius 1 is 0.547 bits per heavy atom. The zero-order valence-electron chi connectivity index (χ0n) is 39.4. The Labute approximate surface area is 395 Å². The second-order valence-corrected chi connectivity index (χ2v) is 20.6. The molecule has 17 heteroatoms. The van der Waals surface area contributed by atoms with E-state index in [0.717, 1.165) is 18.4 Å². The van der Waals surface area contributed by atoms with Crippen LogP contribution in [0.3, 0.4) is 0 Å². The van der Waals surface area contributed by atoms with E-state index in [1.807, 2.05) is 65.0 Å². The van der Waals surface area contributed by atoms with E-state index in [-0.39, 0.29) is 60.9 Å². The highest BCUT2D eigenvalue weighted by Gasteiger charge is 2.54. The van der Waals surface area contributed by atoms with Gasteiger partial charge in [-0.15, -0.1) is 0 Å². The van der Waals surface area contributed by atoms with Gasteiger partial charge in [-0.25, -0.2) is 0 Å². The lowest BCUT2D eigenvalue weighted by molar-refractivity contribution is -0.372. The van der Waals surface area contributed by atoms with Crippen molar-refractivity contribution in [2.24, 2.45) is 41.4 Å². The average molecular weight is 965 g/mol. The summed E-state index contributed by atoms with van der Waals surface area (Å²) in [6, 6.07) is 9.77. The summed E-state index contributed by atoms with van der Waals surface area (Å²) in [5.74, 6) is -2.36. The minimum Gasteiger partial charge on any atom is -0.457 e. The van der Waals surface area contributed by atoms with Gasteiger partial charge in [0.2, 0.25) is 12.2 Å². The molecular formula is C47H72Cl3NO13. The van der Waals surface area contributed by atoms with Gasteiger partial charge in [-0.2, -0.15) is 0 Å². The number of benzene rings is 1. The molecule has 14 nitrogen and oxygen atoms in total. The number of alkyl halides is 3. The Morgan fingerprint density at radius 2 is 1.02 bits per heavy atom. The minimum atomic E-state index is -2.07. The van der Waals surface area contributed by atoms with E-state index >= 15 is 0 Å². The topological polar surface area (TPSA) is 160 Å². The predicted octanol–water partition coefficient (Wildman–Crippen LogP) is 9.17. The molecule has 0 spiro atoms. The van der Waals surface area contributed by atoms with Crippen molar-refractivity contribution in [1.29, 1.82) is 5.41 Å². The molecule has 4 fully saturated rings. The molecule has 5 rings (SSSR count). The van der Waals surface area contributed by atoms with Crippen LogP contribution in [0.1, 0.15) is 108 Å². The molecule has 1 N–H and O–H groups in total. The van der Waals surface area contributed by atoms with Crippen molar-refractivity contribution in [1.82, 2.24) is 0 Å². The lowest BCUT2D eigenvalue weighted by Gasteiger charge is -2.51. The van der Waals surface area contributed by atoms with Gasteiger partial charge >= 0.3 is 11.9 Å². The van der Waals surface area contributed by atoms with Crippen LogP contribution in [-0.4, -0.2) is 108 Å². The third-order valence-corrected chi connectivity index (χ3v) is 14.6. The lowest BCUT2D eigenvalue weighted by Crippen LogP contribution is -2.63. The SMILES string of the molecule is CCC1O[C@H](OCC2O[C@@H](O[C@@H]3C(CC)O[C@@H](OC(=N)C(Cl)(Cl)Cl)C(C)[C@@H]3C)C(OCc3ccccc3)[C@H](O[C@H]3O[C@@H](CC)[C@@H](C)C(C)C3OC(C)=O)[C@@H]2C)C(OC(C)=O)[C@H](C)[C@@H]1C. The molecule has 0 bridgehead atoms. The number of ether oxygens (including phenoxy) is 11. The Morgan fingerprint density at radius 3 is 1.55 bits per heavy atom. The molecule has 0 aromatic heterocycles. The molecule has 1 aromatic rings. The molecule has 4 heterocycles. The van der Waals surface area contributed by atoms with E-state index < -0.39 is 95.4 Å². The standard InChI is InChI=1S/C47H72Cl3NO13/c1-13-33-23(4)25(6)39(56-30(11)52)43(58-33)55-22-36-29(10)38(63-44-40(57-31(12)53)26(7)24(5)34(14-2)59-44)41(54-21-32-19-17-16-18-20-32)45(61-36)62-37-27(8)28(9)42(60-35(37)15-3)64-46(51)47(48,49)50/h16-20,23-29,33-45,51H,13-15,21-22H2,1-12H3/t23-,24-,25+,26?,27-,28?,29+,33?,34-,35?,36?,37-,38+,39?,40?,41?,42-,43-,44+,45-/m0/s1. The number of nitrogens with one attached hydrogen (secondary N) is 1. The first-order valence-electron chi connectivity index (χ1n) is 23.1. The molecule has 8 unspecified atom stereocenters. The van der Waals surface area contributed by atoms with Crippen LogP contribution in [0.2, 0.25) is 0 Å². The van der Waals surface area contributed by atoms with Crippen LogP contribution >= 0.6 is 34.8 Å². The van der Waals surface area contributed by atoms with E-state index in [4.69, 9.17) is 92.3 Å². The van der Waals surface area contributed by atoms with Crippen molar-refractivity contribution in [3.63, 3.8) is 0 Å². The molecule has 4 saturated heterocycles. The molecule has 4 aliphatic heterocycles. The summed E-state index contributed by atoms with van der Waals surface area (Å²) in [7, 11) is 0. The highest BCUT2D eigenvalue weighted by atomic mass is 35.6. The monoisotopic (exact) mass is 963 g/mol. The third kappa shape index (κ3) is 12.8. The van der Waals surface area contributed by atoms with E-state index in [0.29, 0.717) is 6.42 Å². The smallest absolute Gasteiger partial charge is 0.303 e. The zero-order valence-corrected chi connectivity index (χ0v) is 41.7. The first-order valence-corrected chi connectivity index (χ1v) is 24.2.